The van der Waals surface area contributed by atoms with E-state index in [-0.39, 0.29) is 5.69 Å². The smallest absolute Gasteiger partial charge is 0.354 e. The van der Waals surface area contributed by atoms with Crippen molar-refractivity contribution in [1.29, 1.82) is 0 Å². The number of para-hydroxylation sites is 1. The van der Waals surface area contributed by atoms with Gasteiger partial charge < -0.3 is 9.84 Å². The number of hydrogen-bond acceptors (Lipinski definition) is 3. The molecule has 0 aliphatic heterocycles. The molecular weight excluding hydrogens is 278 g/mol. The zero-order chi connectivity index (χ0) is 15.9. The Hall–Kier alpha value is -2.10. The summed E-state index contributed by atoms with van der Waals surface area (Å²) in [6.45, 7) is 5.01. The highest BCUT2D eigenvalue weighted by atomic mass is 16.5. The molecule has 4 heteroatoms. The molecule has 22 heavy (non-hydrogen) atoms. The van der Waals surface area contributed by atoms with Gasteiger partial charge in [0.25, 0.3) is 0 Å². The summed E-state index contributed by atoms with van der Waals surface area (Å²) in [6.07, 6.45) is 4.64. The van der Waals surface area contributed by atoms with Gasteiger partial charge in [-0.3, -0.25) is 0 Å². The molecule has 1 aromatic heterocycles. The van der Waals surface area contributed by atoms with Gasteiger partial charge in [0.1, 0.15) is 17.0 Å². The second kappa shape index (κ2) is 7.78. The number of pyridine rings is 1. The summed E-state index contributed by atoms with van der Waals surface area (Å²) in [4.78, 5) is 15.3. The standard InChI is InChI=1S/C18H23NO3/c1-3-5-7-13(4-2)12-22-16-9-6-8-14-10-11-15(18(20)21)19-17(14)16/h6,8-11,13H,3-5,7,12H2,1-2H3,(H,20,21). The van der Waals surface area contributed by atoms with E-state index in [2.05, 4.69) is 18.8 Å². The molecule has 118 valence electrons. The highest BCUT2D eigenvalue weighted by Crippen LogP contribution is 2.25. The summed E-state index contributed by atoms with van der Waals surface area (Å²) in [5.41, 5.74) is 0.661. The van der Waals surface area contributed by atoms with Crippen LogP contribution in [-0.2, 0) is 0 Å². The van der Waals surface area contributed by atoms with Crippen LogP contribution >= 0.6 is 0 Å². The van der Waals surface area contributed by atoms with Crippen LogP contribution in [-0.4, -0.2) is 22.7 Å². The number of carboxylic acid groups (broad SMARTS) is 1. The molecule has 0 saturated carbocycles. The summed E-state index contributed by atoms with van der Waals surface area (Å²) >= 11 is 0. The van der Waals surface area contributed by atoms with E-state index in [9.17, 15) is 4.79 Å². The molecule has 1 atom stereocenters. The Morgan fingerprint density at radius 3 is 2.77 bits per heavy atom. The zero-order valence-electron chi connectivity index (χ0n) is 13.2. The van der Waals surface area contributed by atoms with E-state index in [1.807, 2.05) is 18.2 Å². The molecule has 1 aromatic carbocycles. The molecule has 0 aliphatic rings. The number of fused-ring (bicyclic) bond motifs is 1. The van der Waals surface area contributed by atoms with Crippen LogP contribution in [0.15, 0.2) is 30.3 Å². The quantitative estimate of drug-likeness (QED) is 0.778. The highest BCUT2D eigenvalue weighted by molar-refractivity contribution is 5.91. The van der Waals surface area contributed by atoms with Crippen LogP contribution in [0.25, 0.3) is 10.9 Å². The Balaban J connectivity index is 2.19. The van der Waals surface area contributed by atoms with Gasteiger partial charge in [-0.2, -0.15) is 0 Å². The molecule has 4 nitrogen and oxygen atoms in total. The monoisotopic (exact) mass is 301 g/mol. The van der Waals surface area contributed by atoms with Crippen molar-refractivity contribution in [2.45, 2.75) is 39.5 Å². The van der Waals surface area contributed by atoms with Gasteiger partial charge >= 0.3 is 5.97 Å². The summed E-state index contributed by atoms with van der Waals surface area (Å²) < 4.78 is 5.95. The van der Waals surface area contributed by atoms with E-state index < -0.39 is 5.97 Å². The average Bonchev–Trinajstić information content (AvgIpc) is 2.54. The third-order valence-electron chi connectivity index (χ3n) is 3.92. The topological polar surface area (TPSA) is 59.4 Å². The van der Waals surface area contributed by atoms with Crippen molar-refractivity contribution in [3.8, 4) is 5.75 Å². The molecule has 0 amide bonds. The number of ether oxygens (including phenoxy) is 1. The average molecular weight is 301 g/mol. The maximum Gasteiger partial charge on any atom is 0.354 e. The number of benzene rings is 1. The minimum absolute atomic E-state index is 0.0431. The first kappa shape index (κ1) is 16.3. The Kier molecular flexibility index (Phi) is 5.75. The molecule has 1 N–H and O–H groups in total. The molecule has 0 aliphatic carbocycles. The second-order valence-electron chi connectivity index (χ2n) is 5.56. The third kappa shape index (κ3) is 3.97. The first-order valence-electron chi connectivity index (χ1n) is 7.91. The predicted molar refractivity (Wildman–Crippen MR) is 87.5 cm³/mol. The lowest BCUT2D eigenvalue weighted by molar-refractivity contribution is 0.0691. The van der Waals surface area contributed by atoms with Crippen LogP contribution in [0.5, 0.6) is 5.75 Å². The highest BCUT2D eigenvalue weighted by Gasteiger charge is 2.11. The fourth-order valence-corrected chi connectivity index (χ4v) is 2.46. The molecular formula is C18H23NO3. The fourth-order valence-electron chi connectivity index (χ4n) is 2.46. The number of carboxylic acids is 1. The lowest BCUT2D eigenvalue weighted by atomic mass is 10.0. The predicted octanol–water partition coefficient (Wildman–Crippen LogP) is 4.53. The normalized spacial score (nSPS) is 12.3. The number of rotatable bonds is 8. The Morgan fingerprint density at radius 2 is 2.09 bits per heavy atom. The first-order valence-corrected chi connectivity index (χ1v) is 7.91. The number of nitrogens with zero attached hydrogens (tertiary/aromatic N) is 1. The van der Waals surface area contributed by atoms with Gasteiger partial charge in [-0.15, -0.1) is 0 Å². The van der Waals surface area contributed by atoms with E-state index in [1.54, 1.807) is 6.07 Å². The largest absolute Gasteiger partial charge is 0.491 e. The summed E-state index contributed by atoms with van der Waals surface area (Å²) in [7, 11) is 0. The number of hydrogen-bond donors (Lipinski definition) is 1. The van der Waals surface area contributed by atoms with Gasteiger partial charge in [-0.05, 0) is 24.5 Å². The van der Waals surface area contributed by atoms with Crippen molar-refractivity contribution < 1.29 is 14.6 Å². The number of aromatic nitrogens is 1. The molecule has 0 saturated heterocycles. The number of unbranched alkanes of at least 4 members (excludes halogenated alkanes) is 1. The Morgan fingerprint density at radius 1 is 1.27 bits per heavy atom. The lowest BCUT2D eigenvalue weighted by Gasteiger charge is -2.16. The lowest BCUT2D eigenvalue weighted by Crippen LogP contribution is -2.11. The molecule has 2 aromatic rings. The summed E-state index contributed by atoms with van der Waals surface area (Å²) in [6, 6.07) is 8.97. The van der Waals surface area contributed by atoms with E-state index >= 15 is 0 Å². The van der Waals surface area contributed by atoms with Gasteiger partial charge in [0.2, 0.25) is 0 Å². The Bertz CT molecular complexity index is 639. The van der Waals surface area contributed by atoms with E-state index in [1.165, 1.54) is 18.9 Å². The maximum atomic E-state index is 11.1. The van der Waals surface area contributed by atoms with E-state index in [4.69, 9.17) is 9.84 Å². The van der Waals surface area contributed by atoms with Gasteiger partial charge in [0.05, 0.1) is 6.61 Å². The minimum atomic E-state index is -1.02. The molecule has 0 bridgehead atoms. The van der Waals surface area contributed by atoms with Crippen molar-refractivity contribution in [3.05, 3.63) is 36.0 Å². The molecule has 2 rings (SSSR count). The van der Waals surface area contributed by atoms with Crippen molar-refractivity contribution in [1.82, 2.24) is 4.98 Å². The molecule has 1 heterocycles. The van der Waals surface area contributed by atoms with Gasteiger partial charge in [0, 0.05) is 5.39 Å². The van der Waals surface area contributed by atoms with Crippen LogP contribution in [0.2, 0.25) is 0 Å². The van der Waals surface area contributed by atoms with Gasteiger partial charge in [0.15, 0.2) is 0 Å². The minimum Gasteiger partial charge on any atom is -0.491 e. The van der Waals surface area contributed by atoms with E-state index in [0.717, 1.165) is 18.2 Å². The molecule has 0 radical (unpaired) electrons. The van der Waals surface area contributed by atoms with Crippen LogP contribution < -0.4 is 4.74 Å². The second-order valence-corrected chi connectivity index (χ2v) is 5.56. The number of carbonyl (C=O) groups is 1. The van der Waals surface area contributed by atoms with Crippen LogP contribution in [0.1, 0.15) is 50.0 Å². The third-order valence-corrected chi connectivity index (χ3v) is 3.92. The van der Waals surface area contributed by atoms with Crippen molar-refractivity contribution in [2.24, 2.45) is 5.92 Å². The molecule has 1 unspecified atom stereocenters. The Labute approximate surface area is 131 Å². The van der Waals surface area contributed by atoms with Crippen LogP contribution in [0.3, 0.4) is 0 Å². The summed E-state index contributed by atoms with van der Waals surface area (Å²) in [5.74, 6) is 0.166. The zero-order valence-corrected chi connectivity index (χ0v) is 13.2. The fraction of sp³-hybridized carbons (Fsp3) is 0.444. The van der Waals surface area contributed by atoms with Gasteiger partial charge in [-0.25, -0.2) is 9.78 Å². The van der Waals surface area contributed by atoms with Crippen molar-refractivity contribution in [2.75, 3.05) is 6.61 Å². The molecule has 0 fully saturated rings. The number of aromatic carboxylic acids is 1. The van der Waals surface area contributed by atoms with Crippen molar-refractivity contribution >= 4 is 16.9 Å². The molecule has 0 spiro atoms. The van der Waals surface area contributed by atoms with Gasteiger partial charge in [-0.1, -0.05) is 51.3 Å². The SMILES string of the molecule is CCCCC(CC)COc1cccc2ccc(C(=O)O)nc12. The summed E-state index contributed by atoms with van der Waals surface area (Å²) in [5, 5.41) is 9.98. The van der Waals surface area contributed by atoms with Crippen LogP contribution in [0, 0.1) is 5.92 Å². The first-order chi connectivity index (χ1) is 10.7. The van der Waals surface area contributed by atoms with Crippen molar-refractivity contribution in [3.63, 3.8) is 0 Å². The van der Waals surface area contributed by atoms with Crippen LogP contribution in [0.4, 0.5) is 0 Å². The van der Waals surface area contributed by atoms with E-state index in [0.29, 0.717) is 23.8 Å². The maximum absolute atomic E-state index is 11.1.